The first-order valence-corrected chi connectivity index (χ1v) is 23.7. The first-order valence-electron chi connectivity index (χ1n) is 18.2. The predicted molar refractivity (Wildman–Crippen MR) is 213 cm³/mol. The molecular weight excluding hydrogens is 911 g/mol. The second-order valence-electron chi connectivity index (χ2n) is 14.2. The summed E-state index contributed by atoms with van der Waals surface area (Å²) in [6.07, 6.45) is -7.15. The third-order valence-corrected chi connectivity index (χ3v) is 12.8. The van der Waals surface area contributed by atoms with E-state index in [1.807, 2.05) is 0 Å². The van der Waals surface area contributed by atoms with E-state index in [1.165, 1.54) is 13.8 Å². The van der Waals surface area contributed by atoms with Crippen LogP contribution in [0.25, 0.3) is 11.2 Å². The molecule has 4 rings (SSSR count). The summed E-state index contributed by atoms with van der Waals surface area (Å²) in [7, 11) is -16.5. The number of imidazole rings is 1. The van der Waals surface area contributed by atoms with Gasteiger partial charge in [0.1, 0.15) is 36.3 Å². The summed E-state index contributed by atoms with van der Waals surface area (Å²) in [5.41, 5.74) is 4.97. The number of phosphoric ester groups is 3. The van der Waals surface area contributed by atoms with Crippen molar-refractivity contribution in [3.05, 3.63) is 48.5 Å². The summed E-state index contributed by atoms with van der Waals surface area (Å²) in [6, 6.07) is 8.85. The maximum absolute atomic E-state index is 12.7. The highest BCUT2D eigenvalue weighted by molar-refractivity contribution is 8.13. The number of thioether (sulfide) groups is 1. The van der Waals surface area contributed by atoms with Crippen molar-refractivity contribution < 1.29 is 90.4 Å². The molecule has 0 spiro atoms. The van der Waals surface area contributed by atoms with Gasteiger partial charge in [0.25, 0.3) is 0 Å². The highest BCUT2D eigenvalue weighted by atomic mass is 32.2. The van der Waals surface area contributed by atoms with Crippen LogP contribution in [0.5, 0.6) is 0 Å². The lowest BCUT2D eigenvalue weighted by atomic mass is 9.87. The Hall–Kier alpha value is -3.75. The van der Waals surface area contributed by atoms with E-state index in [-0.39, 0.29) is 60.2 Å². The summed E-state index contributed by atoms with van der Waals surface area (Å²) in [4.78, 5) is 99.9. The monoisotopic (exact) mass is 957 g/mol. The molecule has 30 heteroatoms. The number of carboxylic acids is 1. The van der Waals surface area contributed by atoms with Crippen LogP contribution in [-0.4, -0.2) is 134 Å². The second-order valence-corrected chi connectivity index (χ2v) is 19.6. The van der Waals surface area contributed by atoms with Crippen molar-refractivity contribution in [3.8, 4) is 0 Å². The number of nitrogens with one attached hydrogen (secondary N) is 2. The number of carboxylic acid groups (broad SMARTS) is 1. The Morgan fingerprint density at radius 1 is 1.00 bits per heavy atom. The zero-order valence-electron chi connectivity index (χ0n) is 32.8. The number of nitrogens with zero attached hydrogens (tertiary/aromatic N) is 4. The van der Waals surface area contributed by atoms with E-state index in [0.717, 1.165) is 34.5 Å². The molecule has 0 aliphatic carbocycles. The number of carbonyl (C=O) groups is 4. The van der Waals surface area contributed by atoms with Crippen molar-refractivity contribution in [2.75, 3.05) is 37.8 Å². The summed E-state index contributed by atoms with van der Waals surface area (Å²) < 4.78 is 62.2. The number of carbonyl (C=O) groups excluding carboxylic acids is 3. The van der Waals surface area contributed by atoms with Gasteiger partial charge in [-0.15, -0.1) is 0 Å². The Labute approximate surface area is 356 Å². The molecule has 1 aliphatic heterocycles. The molecule has 3 unspecified atom stereocenters. The normalized spacial score (nSPS) is 21.1. The molecular formula is C32H46N7O19P3S. The van der Waals surface area contributed by atoms with Crippen LogP contribution >= 0.6 is 35.2 Å². The van der Waals surface area contributed by atoms with E-state index in [2.05, 4.69) is 34.4 Å². The van der Waals surface area contributed by atoms with Gasteiger partial charge in [-0.25, -0.2) is 28.6 Å². The van der Waals surface area contributed by atoms with Crippen molar-refractivity contribution in [1.82, 2.24) is 30.2 Å². The number of aromatic nitrogens is 4. The number of aliphatic hydroxyl groups is 2. The Kier molecular flexibility index (Phi) is 17.9. The largest absolute Gasteiger partial charge is 0.481 e. The van der Waals surface area contributed by atoms with Crippen LogP contribution in [0.3, 0.4) is 0 Å². The fourth-order valence-corrected chi connectivity index (χ4v) is 9.28. The van der Waals surface area contributed by atoms with Crippen LogP contribution in [-0.2, 0) is 61.9 Å². The van der Waals surface area contributed by atoms with Crippen molar-refractivity contribution in [2.45, 2.75) is 63.8 Å². The zero-order valence-corrected chi connectivity index (χ0v) is 36.3. The molecule has 0 saturated carbocycles. The smallest absolute Gasteiger partial charge is 0.481 e. The number of hydrogen-bond acceptors (Lipinski definition) is 19. The van der Waals surface area contributed by atoms with Gasteiger partial charge in [0.05, 0.1) is 25.5 Å². The number of aliphatic hydroxyl groups excluding tert-OH is 2. The number of nitrogens with two attached hydrogens (primary N) is 1. The topological polar surface area (TPSA) is 401 Å². The maximum Gasteiger partial charge on any atom is 0.481 e. The van der Waals surface area contributed by atoms with Crippen LogP contribution in [0.4, 0.5) is 5.82 Å². The SMILES string of the molecule is CC(C)(COP(=O)(O)OP(=O)(O)OC[C@H]1O[C@@H](n2cnc3c(N)ncnc32)[C@H](O)[C@@H]1OP(=O)(O)O)C(O)C(=O)NCCC(=O)NCCSC(=O)C[C@@H](Cc1ccccc1)C(=O)O. The minimum atomic E-state index is -5.60. The molecule has 2 amide bonds. The Balaban J connectivity index is 1.19. The Morgan fingerprint density at radius 2 is 1.68 bits per heavy atom. The zero-order chi connectivity index (χ0) is 46.0. The first kappa shape index (κ1) is 50.9. The Bertz CT molecular complexity index is 2200. The minimum absolute atomic E-state index is 0.0183. The molecule has 26 nitrogen and oxygen atoms in total. The molecule has 344 valence electrons. The number of nitrogen functional groups attached to an aromatic ring is 1. The standard InChI is InChI=1S/C32H46N7O19P3S/c1-32(2,26(43)29(44)35-9-8-21(40)34-10-11-62-22(41)13-19(31(45)46)12-18-6-4-3-5-7-18)15-55-61(52,53)58-60(50,51)54-14-20-25(57-59(47,48)49)24(42)30(56-20)39-17-38-23-27(33)36-16-37-28(23)39/h3-7,16-17,19-20,24-26,30,42-43H,8-15H2,1-2H3,(H,34,40)(H,35,44)(H,45,46)(H,50,51)(H,52,53)(H2,33,36,37)(H2,47,48,49)/t19-,20-,24-,25-,26?,30-/m1/s1. The van der Waals surface area contributed by atoms with Gasteiger partial charge in [-0.05, 0) is 12.0 Å². The molecule has 8 atom stereocenters. The number of benzene rings is 1. The minimum Gasteiger partial charge on any atom is -0.481 e. The number of hydrogen-bond donors (Lipinski definition) is 10. The Morgan fingerprint density at radius 3 is 2.34 bits per heavy atom. The van der Waals surface area contributed by atoms with Crippen LogP contribution in [0.2, 0.25) is 0 Å². The number of aliphatic carboxylic acids is 1. The van der Waals surface area contributed by atoms with Crippen LogP contribution in [0, 0.1) is 11.3 Å². The number of fused-ring (bicyclic) bond motifs is 1. The highest BCUT2D eigenvalue weighted by Gasteiger charge is 2.50. The third-order valence-electron chi connectivity index (χ3n) is 8.85. The molecule has 3 aromatic rings. The quantitative estimate of drug-likeness (QED) is 0.0417. The van der Waals surface area contributed by atoms with Gasteiger partial charge in [-0.3, -0.25) is 37.3 Å². The van der Waals surface area contributed by atoms with Crippen LogP contribution in [0.1, 0.15) is 38.5 Å². The van der Waals surface area contributed by atoms with Gasteiger partial charge in [0.15, 0.2) is 22.8 Å². The molecule has 11 N–H and O–H groups in total. The summed E-state index contributed by atoms with van der Waals surface area (Å²) in [6.45, 7) is 0.172. The number of anilines is 1. The molecule has 0 radical (unpaired) electrons. The average molecular weight is 958 g/mol. The van der Waals surface area contributed by atoms with E-state index in [4.69, 9.17) is 19.5 Å². The van der Waals surface area contributed by atoms with E-state index in [1.54, 1.807) is 30.3 Å². The molecule has 62 heavy (non-hydrogen) atoms. The molecule has 1 saturated heterocycles. The maximum atomic E-state index is 12.7. The van der Waals surface area contributed by atoms with Gasteiger partial charge in [0.2, 0.25) is 11.8 Å². The molecule has 2 aromatic heterocycles. The molecule has 1 aliphatic rings. The van der Waals surface area contributed by atoms with E-state index < -0.39 is 96.4 Å². The molecule has 0 bridgehead atoms. The van der Waals surface area contributed by atoms with Crippen molar-refractivity contribution >= 4 is 75.1 Å². The third kappa shape index (κ3) is 15.2. The second kappa shape index (κ2) is 21.8. The molecule has 1 aromatic carbocycles. The van der Waals surface area contributed by atoms with Gasteiger partial charge in [-0.2, -0.15) is 4.31 Å². The number of rotatable bonds is 24. The number of amides is 2. The molecule has 1 fully saturated rings. The van der Waals surface area contributed by atoms with E-state index >= 15 is 0 Å². The molecule has 3 heterocycles. The lowest BCUT2D eigenvalue weighted by Crippen LogP contribution is -2.46. The number of phosphoric acid groups is 3. The van der Waals surface area contributed by atoms with Crippen molar-refractivity contribution in [3.63, 3.8) is 0 Å². The van der Waals surface area contributed by atoms with Crippen LogP contribution < -0.4 is 16.4 Å². The number of ether oxygens (including phenoxy) is 1. The average Bonchev–Trinajstić information content (AvgIpc) is 3.74. The van der Waals surface area contributed by atoms with Crippen molar-refractivity contribution in [2.24, 2.45) is 11.3 Å². The summed E-state index contributed by atoms with van der Waals surface area (Å²) in [5.74, 6) is -3.46. The summed E-state index contributed by atoms with van der Waals surface area (Å²) >= 11 is 0.863. The highest BCUT2D eigenvalue weighted by Crippen LogP contribution is 2.61. The predicted octanol–water partition coefficient (Wildman–Crippen LogP) is -0.00170. The van der Waals surface area contributed by atoms with Gasteiger partial charge in [-0.1, -0.05) is 55.9 Å². The van der Waals surface area contributed by atoms with E-state index in [0.29, 0.717) is 0 Å². The van der Waals surface area contributed by atoms with Gasteiger partial charge < -0.3 is 56.0 Å². The van der Waals surface area contributed by atoms with Gasteiger partial charge >= 0.3 is 29.4 Å². The lowest BCUT2D eigenvalue weighted by Gasteiger charge is -2.30. The lowest BCUT2D eigenvalue weighted by molar-refractivity contribution is -0.143. The fraction of sp³-hybridized carbons (Fsp3) is 0.531. The van der Waals surface area contributed by atoms with Gasteiger partial charge in [0, 0.05) is 37.1 Å². The first-order chi connectivity index (χ1) is 28.9. The van der Waals surface area contributed by atoms with Crippen molar-refractivity contribution in [1.29, 1.82) is 0 Å². The fourth-order valence-electron chi connectivity index (χ4n) is 5.70. The summed E-state index contributed by atoms with van der Waals surface area (Å²) in [5, 5.41) is 35.5. The van der Waals surface area contributed by atoms with E-state index in [9.17, 15) is 67.8 Å². The van der Waals surface area contributed by atoms with Crippen LogP contribution in [0.15, 0.2) is 43.0 Å².